The van der Waals surface area contributed by atoms with Crippen molar-refractivity contribution < 1.29 is 19.1 Å². The normalized spacial score (nSPS) is 11.9. The van der Waals surface area contributed by atoms with Crippen molar-refractivity contribution in [3.8, 4) is 0 Å². The summed E-state index contributed by atoms with van der Waals surface area (Å²) in [6.07, 6.45) is 2.06. The first-order valence-corrected chi connectivity index (χ1v) is 8.31. The predicted molar refractivity (Wildman–Crippen MR) is 64.3 cm³/mol. The molecule has 0 saturated heterocycles. The van der Waals surface area contributed by atoms with E-state index in [0.717, 1.165) is 6.04 Å². The van der Waals surface area contributed by atoms with Crippen LogP contribution < -0.4 is 0 Å². The van der Waals surface area contributed by atoms with Crippen molar-refractivity contribution in [3.63, 3.8) is 0 Å². The molecular formula is C10H19NO4Si. The van der Waals surface area contributed by atoms with E-state index in [1.165, 1.54) is 0 Å². The van der Waals surface area contributed by atoms with Crippen LogP contribution in [0.4, 0.5) is 0 Å². The third kappa shape index (κ3) is 8.31. The SMILES string of the molecule is CO[Si](C)(C)CCC=NC(=O)CCC(=O)O. The quantitative estimate of drug-likeness (QED) is 0.547. The van der Waals surface area contributed by atoms with E-state index in [9.17, 15) is 9.59 Å². The summed E-state index contributed by atoms with van der Waals surface area (Å²) >= 11 is 0. The number of hydrogen-bond acceptors (Lipinski definition) is 3. The molecule has 5 nitrogen and oxygen atoms in total. The smallest absolute Gasteiger partial charge is 0.303 e. The standard InChI is InChI=1S/C10H19NO4Si/c1-15-16(2,3)8-4-7-11-9(12)5-6-10(13)14/h7H,4-6,8H2,1-3H3,(H,13,14). The average molecular weight is 245 g/mol. The molecule has 92 valence electrons. The Morgan fingerprint density at radius 1 is 1.38 bits per heavy atom. The van der Waals surface area contributed by atoms with Crippen LogP contribution >= 0.6 is 0 Å². The number of carboxylic acids is 1. The highest BCUT2D eigenvalue weighted by Crippen LogP contribution is 2.10. The molecule has 1 amide bonds. The summed E-state index contributed by atoms with van der Waals surface area (Å²) in [7, 11) is 0.113. The van der Waals surface area contributed by atoms with Gasteiger partial charge in [0, 0.05) is 19.7 Å². The molecule has 0 heterocycles. The molecule has 0 fully saturated rings. The Kier molecular flexibility index (Phi) is 6.83. The minimum absolute atomic E-state index is 0.0308. The Labute approximate surface area is 96.7 Å². The second kappa shape index (κ2) is 7.29. The Morgan fingerprint density at radius 2 is 2.00 bits per heavy atom. The van der Waals surface area contributed by atoms with Gasteiger partial charge in [-0.1, -0.05) is 0 Å². The molecule has 0 aliphatic heterocycles. The first kappa shape index (κ1) is 15.0. The minimum atomic E-state index is -1.58. The number of rotatable bonds is 7. The number of hydrogen-bond donors (Lipinski definition) is 1. The first-order valence-electron chi connectivity index (χ1n) is 5.19. The van der Waals surface area contributed by atoms with Crippen LogP contribution in [0.3, 0.4) is 0 Å². The van der Waals surface area contributed by atoms with E-state index >= 15 is 0 Å². The third-order valence-corrected chi connectivity index (χ3v) is 4.81. The van der Waals surface area contributed by atoms with E-state index in [0.29, 0.717) is 6.42 Å². The van der Waals surface area contributed by atoms with Crippen LogP contribution in [0.5, 0.6) is 0 Å². The molecule has 0 aliphatic rings. The number of carbonyl (C=O) groups excluding carboxylic acids is 1. The van der Waals surface area contributed by atoms with Crippen LogP contribution in [-0.4, -0.2) is 38.6 Å². The van der Waals surface area contributed by atoms with Gasteiger partial charge in [0.25, 0.3) is 0 Å². The third-order valence-electron chi connectivity index (χ3n) is 2.22. The van der Waals surface area contributed by atoms with Gasteiger partial charge in [0.2, 0.25) is 5.91 Å². The first-order chi connectivity index (χ1) is 7.37. The van der Waals surface area contributed by atoms with Gasteiger partial charge in [-0.15, -0.1) is 0 Å². The van der Waals surface area contributed by atoms with Crippen LogP contribution in [0.25, 0.3) is 0 Å². The monoisotopic (exact) mass is 245 g/mol. The average Bonchev–Trinajstić information content (AvgIpc) is 2.21. The van der Waals surface area contributed by atoms with E-state index in [2.05, 4.69) is 18.1 Å². The fourth-order valence-electron chi connectivity index (χ4n) is 0.959. The fourth-order valence-corrected chi connectivity index (χ4v) is 1.99. The van der Waals surface area contributed by atoms with Crippen molar-refractivity contribution in [2.75, 3.05) is 7.11 Å². The van der Waals surface area contributed by atoms with Crippen molar-refractivity contribution in [3.05, 3.63) is 0 Å². The highest BCUT2D eigenvalue weighted by molar-refractivity contribution is 6.71. The molecular weight excluding hydrogens is 226 g/mol. The van der Waals surface area contributed by atoms with Crippen LogP contribution in [0.2, 0.25) is 19.1 Å². The van der Waals surface area contributed by atoms with Crippen LogP contribution in [0.1, 0.15) is 19.3 Å². The summed E-state index contributed by atoms with van der Waals surface area (Å²) < 4.78 is 5.34. The van der Waals surface area contributed by atoms with Crippen molar-refractivity contribution >= 4 is 26.4 Å². The molecule has 0 atom stereocenters. The molecule has 0 radical (unpaired) electrons. The van der Waals surface area contributed by atoms with Gasteiger partial charge in [-0.3, -0.25) is 9.59 Å². The molecule has 0 spiro atoms. The van der Waals surface area contributed by atoms with Gasteiger partial charge >= 0.3 is 5.97 Å². The maximum Gasteiger partial charge on any atom is 0.303 e. The van der Waals surface area contributed by atoms with Crippen molar-refractivity contribution in [1.29, 1.82) is 0 Å². The summed E-state index contributed by atoms with van der Waals surface area (Å²) in [6, 6.07) is 0.902. The van der Waals surface area contributed by atoms with Gasteiger partial charge in [-0.25, -0.2) is 4.99 Å². The van der Waals surface area contributed by atoms with Crippen molar-refractivity contribution in [2.45, 2.75) is 38.4 Å². The molecule has 0 unspecified atom stereocenters. The molecule has 0 bridgehead atoms. The Balaban J connectivity index is 3.76. The Hall–Kier alpha value is -1.01. The van der Waals surface area contributed by atoms with E-state index in [-0.39, 0.29) is 18.7 Å². The molecule has 0 saturated carbocycles. The van der Waals surface area contributed by atoms with Gasteiger partial charge in [-0.05, 0) is 25.6 Å². The lowest BCUT2D eigenvalue weighted by molar-refractivity contribution is -0.138. The zero-order chi connectivity index (χ0) is 12.6. The predicted octanol–water partition coefficient (Wildman–Crippen LogP) is 1.69. The van der Waals surface area contributed by atoms with Crippen molar-refractivity contribution in [1.82, 2.24) is 0 Å². The summed E-state index contributed by atoms with van der Waals surface area (Å²) in [4.78, 5) is 24.9. The molecule has 1 N–H and O–H groups in total. The lowest BCUT2D eigenvalue weighted by atomic mass is 10.3. The second-order valence-corrected chi connectivity index (χ2v) is 8.53. The van der Waals surface area contributed by atoms with Gasteiger partial charge in [0.1, 0.15) is 0 Å². The summed E-state index contributed by atoms with van der Waals surface area (Å²) in [5, 5.41) is 8.36. The van der Waals surface area contributed by atoms with Gasteiger partial charge in [0.15, 0.2) is 8.32 Å². The minimum Gasteiger partial charge on any atom is -0.481 e. The lowest BCUT2D eigenvalue weighted by Gasteiger charge is -2.18. The molecule has 0 aromatic carbocycles. The van der Waals surface area contributed by atoms with E-state index in [1.54, 1.807) is 13.3 Å². The highest BCUT2D eigenvalue weighted by Gasteiger charge is 2.18. The molecule has 0 aliphatic carbocycles. The summed E-state index contributed by atoms with van der Waals surface area (Å²) in [6.45, 7) is 4.18. The molecule has 0 rings (SSSR count). The molecule has 0 aromatic heterocycles. The topological polar surface area (TPSA) is 76.0 Å². The number of carboxylic acid groups (broad SMARTS) is 1. The van der Waals surface area contributed by atoms with Gasteiger partial charge in [-0.2, -0.15) is 0 Å². The Morgan fingerprint density at radius 3 is 2.50 bits per heavy atom. The highest BCUT2D eigenvalue weighted by atomic mass is 28.4. The van der Waals surface area contributed by atoms with Gasteiger partial charge < -0.3 is 9.53 Å². The zero-order valence-electron chi connectivity index (χ0n) is 10.0. The fraction of sp³-hybridized carbons (Fsp3) is 0.700. The molecule has 0 aromatic rings. The van der Waals surface area contributed by atoms with Crippen LogP contribution in [-0.2, 0) is 14.0 Å². The number of aliphatic carboxylic acids is 1. The van der Waals surface area contributed by atoms with Crippen LogP contribution in [0.15, 0.2) is 4.99 Å². The maximum atomic E-state index is 11.1. The van der Waals surface area contributed by atoms with E-state index in [4.69, 9.17) is 9.53 Å². The number of amides is 1. The summed E-state index contributed by atoms with van der Waals surface area (Å²) in [5.74, 6) is -1.35. The lowest BCUT2D eigenvalue weighted by Crippen LogP contribution is -2.28. The van der Waals surface area contributed by atoms with E-state index in [1.807, 2.05) is 0 Å². The molecule has 6 heteroatoms. The second-order valence-electron chi connectivity index (χ2n) is 4.10. The van der Waals surface area contributed by atoms with Gasteiger partial charge in [0.05, 0.1) is 6.42 Å². The van der Waals surface area contributed by atoms with Crippen LogP contribution in [0, 0.1) is 0 Å². The Bertz CT molecular complexity index is 276. The number of carbonyl (C=O) groups is 2. The maximum absolute atomic E-state index is 11.1. The van der Waals surface area contributed by atoms with E-state index < -0.39 is 14.3 Å². The zero-order valence-corrected chi connectivity index (χ0v) is 11.0. The molecule has 16 heavy (non-hydrogen) atoms. The largest absolute Gasteiger partial charge is 0.481 e. The van der Waals surface area contributed by atoms with Crippen molar-refractivity contribution in [2.24, 2.45) is 4.99 Å². The number of nitrogens with zero attached hydrogens (tertiary/aromatic N) is 1. The summed E-state index contributed by atoms with van der Waals surface area (Å²) in [5.41, 5.74) is 0. The number of aliphatic imine (C=N–C) groups is 1.